The molecule has 1 aromatic carbocycles. The maximum absolute atomic E-state index is 5.86. The molecule has 1 aliphatic rings. The van der Waals surface area contributed by atoms with Crippen molar-refractivity contribution >= 4 is 16.7 Å². The van der Waals surface area contributed by atoms with Crippen molar-refractivity contribution in [2.45, 2.75) is 52.5 Å². The zero-order valence-corrected chi connectivity index (χ0v) is 11.9. The van der Waals surface area contributed by atoms with Crippen LogP contribution < -0.4 is 5.73 Å². The SMILES string of the molecule is CCCC1(Cn2c(CC)nc3cc(N)ccc32)CC1. The number of aromatic nitrogens is 2. The van der Waals surface area contributed by atoms with Gasteiger partial charge in [0.15, 0.2) is 0 Å². The Labute approximate surface area is 114 Å². The molecule has 0 radical (unpaired) electrons. The largest absolute Gasteiger partial charge is 0.399 e. The summed E-state index contributed by atoms with van der Waals surface area (Å²) in [5.41, 5.74) is 9.50. The van der Waals surface area contributed by atoms with Crippen molar-refractivity contribution in [3.8, 4) is 0 Å². The molecule has 0 bridgehead atoms. The second kappa shape index (κ2) is 4.55. The number of nitrogens with zero attached hydrogens (tertiary/aromatic N) is 2. The molecule has 0 spiro atoms. The smallest absolute Gasteiger partial charge is 0.109 e. The first kappa shape index (κ1) is 12.5. The van der Waals surface area contributed by atoms with Gasteiger partial charge in [0, 0.05) is 18.7 Å². The third-order valence-electron chi connectivity index (χ3n) is 4.40. The molecule has 3 rings (SSSR count). The molecule has 1 aliphatic carbocycles. The molecular formula is C16H23N3. The molecule has 0 aliphatic heterocycles. The van der Waals surface area contributed by atoms with Crippen LogP contribution in [0.3, 0.4) is 0 Å². The van der Waals surface area contributed by atoms with E-state index >= 15 is 0 Å². The standard InChI is InChI=1S/C16H23N3/c1-3-7-16(8-9-16)11-19-14-6-5-12(17)10-13(14)18-15(19)4-2/h5-6,10H,3-4,7-9,11,17H2,1-2H3. The fourth-order valence-electron chi connectivity index (χ4n) is 3.17. The Morgan fingerprint density at radius 2 is 2.11 bits per heavy atom. The number of nitrogen functional groups attached to an aromatic ring is 1. The molecule has 2 N–H and O–H groups in total. The van der Waals surface area contributed by atoms with E-state index in [1.165, 1.54) is 37.0 Å². The van der Waals surface area contributed by atoms with E-state index in [9.17, 15) is 0 Å². The second-order valence-electron chi connectivity index (χ2n) is 5.97. The summed E-state index contributed by atoms with van der Waals surface area (Å²) in [6, 6.07) is 6.10. The summed E-state index contributed by atoms with van der Waals surface area (Å²) in [6.45, 7) is 5.60. The van der Waals surface area contributed by atoms with Crippen LogP contribution in [0.1, 0.15) is 45.4 Å². The maximum atomic E-state index is 5.86. The topological polar surface area (TPSA) is 43.8 Å². The van der Waals surface area contributed by atoms with Gasteiger partial charge < -0.3 is 10.3 Å². The van der Waals surface area contributed by atoms with Gasteiger partial charge in [-0.1, -0.05) is 20.3 Å². The monoisotopic (exact) mass is 257 g/mol. The Bertz CT molecular complexity index is 593. The highest BCUT2D eigenvalue weighted by molar-refractivity contribution is 5.79. The number of hydrogen-bond acceptors (Lipinski definition) is 2. The van der Waals surface area contributed by atoms with Crippen LogP contribution >= 0.6 is 0 Å². The maximum Gasteiger partial charge on any atom is 0.109 e. The molecule has 0 amide bonds. The molecule has 3 heteroatoms. The highest BCUT2D eigenvalue weighted by Crippen LogP contribution is 2.51. The molecule has 1 saturated carbocycles. The summed E-state index contributed by atoms with van der Waals surface area (Å²) in [7, 11) is 0. The number of fused-ring (bicyclic) bond motifs is 1. The van der Waals surface area contributed by atoms with Crippen molar-refractivity contribution in [2.75, 3.05) is 5.73 Å². The van der Waals surface area contributed by atoms with Gasteiger partial charge in [0.25, 0.3) is 0 Å². The predicted octanol–water partition coefficient (Wildman–Crippen LogP) is 3.76. The Balaban J connectivity index is 2.01. The summed E-state index contributed by atoms with van der Waals surface area (Å²) in [5, 5.41) is 0. The molecule has 3 nitrogen and oxygen atoms in total. The average Bonchev–Trinajstić information content (AvgIpc) is 3.06. The Kier molecular flexibility index (Phi) is 3.00. The third kappa shape index (κ3) is 2.22. The van der Waals surface area contributed by atoms with Gasteiger partial charge in [-0.05, 0) is 42.9 Å². The zero-order valence-electron chi connectivity index (χ0n) is 11.9. The van der Waals surface area contributed by atoms with Crippen LogP contribution in [0, 0.1) is 5.41 Å². The molecule has 0 unspecified atom stereocenters. The molecule has 0 saturated heterocycles. The second-order valence-corrected chi connectivity index (χ2v) is 5.97. The Morgan fingerprint density at radius 1 is 1.32 bits per heavy atom. The summed E-state index contributed by atoms with van der Waals surface area (Å²) >= 11 is 0. The first-order valence-electron chi connectivity index (χ1n) is 7.42. The molecule has 102 valence electrons. The molecule has 19 heavy (non-hydrogen) atoms. The van der Waals surface area contributed by atoms with Crippen LogP contribution in [0.2, 0.25) is 0 Å². The summed E-state index contributed by atoms with van der Waals surface area (Å²) in [5.74, 6) is 1.20. The lowest BCUT2D eigenvalue weighted by Crippen LogP contribution is -2.13. The quantitative estimate of drug-likeness (QED) is 0.829. The molecular weight excluding hydrogens is 234 g/mol. The molecule has 1 heterocycles. The van der Waals surface area contributed by atoms with Crippen molar-refractivity contribution in [3.63, 3.8) is 0 Å². The van der Waals surface area contributed by atoms with E-state index in [0.29, 0.717) is 5.41 Å². The number of rotatable bonds is 5. The zero-order chi connectivity index (χ0) is 13.5. The van der Waals surface area contributed by atoms with Gasteiger partial charge >= 0.3 is 0 Å². The summed E-state index contributed by atoms with van der Waals surface area (Å²) in [4.78, 5) is 4.75. The van der Waals surface area contributed by atoms with Crippen molar-refractivity contribution in [1.82, 2.24) is 9.55 Å². The number of imidazole rings is 1. The number of nitrogens with two attached hydrogens (primary N) is 1. The number of aryl methyl sites for hydroxylation is 1. The van der Waals surface area contributed by atoms with Gasteiger partial charge in [-0.25, -0.2) is 4.98 Å². The highest BCUT2D eigenvalue weighted by Gasteiger charge is 2.42. The van der Waals surface area contributed by atoms with E-state index in [1.807, 2.05) is 12.1 Å². The van der Waals surface area contributed by atoms with Crippen molar-refractivity contribution < 1.29 is 0 Å². The lowest BCUT2D eigenvalue weighted by molar-refractivity contribution is 0.387. The highest BCUT2D eigenvalue weighted by atomic mass is 15.1. The van der Waals surface area contributed by atoms with Crippen LogP contribution in [0.4, 0.5) is 5.69 Å². The van der Waals surface area contributed by atoms with Gasteiger partial charge in [-0.3, -0.25) is 0 Å². The van der Waals surface area contributed by atoms with Crippen molar-refractivity contribution in [1.29, 1.82) is 0 Å². The number of benzene rings is 1. The van der Waals surface area contributed by atoms with E-state index in [4.69, 9.17) is 10.7 Å². The van der Waals surface area contributed by atoms with Gasteiger partial charge in [-0.2, -0.15) is 0 Å². The van der Waals surface area contributed by atoms with Crippen molar-refractivity contribution in [3.05, 3.63) is 24.0 Å². The lowest BCUT2D eigenvalue weighted by atomic mass is 10.0. The van der Waals surface area contributed by atoms with E-state index in [1.54, 1.807) is 0 Å². The summed E-state index contributed by atoms with van der Waals surface area (Å²) in [6.07, 6.45) is 6.35. The van der Waals surface area contributed by atoms with Crippen LogP contribution in [0.5, 0.6) is 0 Å². The van der Waals surface area contributed by atoms with Gasteiger partial charge in [0.2, 0.25) is 0 Å². The normalized spacial score (nSPS) is 16.9. The minimum Gasteiger partial charge on any atom is -0.399 e. The van der Waals surface area contributed by atoms with Crippen LogP contribution in [0.25, 0.3) is 11.0 Å². The van der Waals surface area contributed by atoms with Gasteiger partial charge in [0.1, 0.15) is 5.82 Å². The minimum absolute atomic E-state index is 0.549. The predicted molar refractivity (Wildman–Crippen MR) is 80.1 cm³/mol. The molecule has 1 aromatic heterocycles. The molecule has 1 fully saturated rings. The molecule has 0 atom stereocenters. The van der Waals surface area contributed by atoms with Crippen LogP contribution in [-0.2, 0) is 13.0 Å². The van der Waals surface area contributed by atoms with Gasteiger partial charge in [0.05, 0.1) is 11.0 Å². The average molecular weight is 257 g/mol. The van der Waals surface area contributed by atoms with E-state index < -0.39 is 0 Å². The third-order valence-corrected chi connectivity index (χ3v) is 4.40. The molecule has 2 aromatic rings. The number of hydrogen-bond donors (Lipinski definition) is 1. The lowest BCUT2D eigenvalue weighted by Gasteiger charge is -2.17. The van der Waals surface area contributed by atoms with Crippen LogP contribution in [0.15, 0.2) is 18.2 Å². The minimum atomic E-state index is 0.549. The van der Waals surface area contributed by atoms with E-state index in [2.05, 4.69) is 24.5 Å². The fraction of sp³-hybridized carbons (Fsp3) is 0.562. The Hall–Kier alpha value is -1.51. The Morgan fingerprint density at radius 3 is 2.74 bits per heavy atom. The first-order valence-corrected chi connectivity index (χ1v) is 7.42. The van der Waals surface area contributed by atoms with Gasteiger partial charge in [-0.15, -0.1) is 0 Å². The van der Waals surface area contributed by atoms with Crippen molar-refractivity contribution in [2.24, 2.45) is 5.41 Å². The first-order chi connectivity index (χ1) is 9.17. The summed E-state index contributed by atoms with van der Waals surface area (Å²) < 4.78 is 2.43. The fourth-order valence-corrected chi connectivity index (χ4v) is 3.17. The van der Waals surface area contributed by atoms with Crippen LogP contribution in [-0.4, -0.2) is 9.55 Å². The number of anilines is 1. The van der Waals surface area contributed by atoms with E-state index in [0.717, 1.165) is 24.2 Å². The van der Waals surface area contributed by atoms with E-state index in [-0.39, 0.29) is 0 Å².